The van der Waals surface area contributed by atoms with Crippen LogP contribution in [0.5, 0.6) is 0 Å². The third-order valence-corrected chi connectivity index (χ3v) is 6.51. The maximum Gasteiger partial charge on any atom is 0.382 e. The van der Waals surface area contributed by atoms with Crippen molar-refractivity contribution in [2.24, 2.45) is 5.41 Å². The average Bonchev–Trinajstić information content (AvgIpc) is 3.07. The smallest absolute Gasteiger partial charge is 0.283 e. The van der Waals surface area contributed by atoms with Crippen LogP contribution >= 0.6 is 12.6 Å². The molecule has 0 N–H and O–H groups in total. The summed E-state index contributed by atoms with van der Waals surface area (Å²) in [5, 5.41) is -0.292. The van der Waals surface area contributed by atoms with E-state index in [0.29, 0.717) is 25.9 Å². The van der Waals surface area contributed by atoms with Crippen LogP contribution in [0.1, 0.15) is 64.9 Å². The Morgan fingerprint density at radius 3 is 2.30 bits per heavy atom. The lowest BCUT2D eigenvalue weighted by Crippen LogP contribution is -2.62. The Morgan fingerprint density at radius 1 is 1.15 bits per heavy atom. The molecule has 0 spiro atoms. The van der Waals surface area contributed by atoms with E-state index in [0.717, 1.165) is 18.4 Å². The summed E-state index contributed by atoms with van der Waals surface area (Å²) in [6.07, 6.45) is 2.85. The molecular formula is C22H32NO3S+. The Bertz CT molecular complexity index is 701. The summed E-state index contributed by atoms with van der Waals surface area (Å²) in [4.78, 5) is 39.0. The summed E-state index contributed by atoms with van der Waals surface area (Å²) in [6, 6.07) is 9.41. The van der Waals surface area contributed by atoms with Gasteiger partial charge in [-0.15, -0.1) is 0 Å². The van der Waals surface area contributed by atoms with E-state index in [4.69, 9.17) is 0 Å². The van der Waals surface area contributed by atoms with Gasteiger partial charge < -0.3 is 0 Å². The summed E-state index contributed by atoms with van der Waals surface area (Å²) in [7, 11) is 0. The minimum absolute atomic E-state index is 0.0714. The largest absolute Gasteiger partial charge is 0.382 e. The van der Waals surface area contributed by atoms with Gasteiger partial charge in [-0.25, -0.2) is 9.28 Å². The number of quaternary nitrogens is 1. The van der Waals surface area contributed by atoms with Gasteiger partial charge in [-0.05, 0) is 18.4 Å². The van der Waals surface area contributed by atoms with Crippen LogP contribution in [0.25, 0.3) is 0 Å². The molecule has 27 heavy (non-hydrogen) atoms. The molecule has 1 saturated heterocycles. The van der Waals surface area contributed by atoms with Crippen LogP contribution in [0, 0.1) is 5.41 Å². The number of thiol groups is 1. The Hall–Kier alpha value is -1.46. The van der Waals surface area contributed by atoms with Gasteiger partial charge in [-0.1, -0.05) is 77.1 Å². The van der Waals surface area contributed by atoms with Gasteiger partial charge in [0.15, 0.2) is 6.04 Å². The van der Waals surface area contributed by atoms with Gasteiger partial charge in [0.2, 0.25) is 5.12 Å². The molecule has 0 aromatic heterocycles. The minimum Gasteiger partial charge on any atom is -0.283 e. The van der Waals surface area contributed by atoms with E-state index in [-0.39, 0.29) is 21.3 Å². The van der Waals surface area contributed by atoms with Crippen LogP contribution in [0.3, 0.4) is 0 Å². The summed E-state index contributed by atoms with van der Waals surface area (Å²) in [5.74, 6) is -0.707. The highest BCUT2D eigenvalue weighted by Gasteiger charge is 2.57. The summed E-state index contributed by atoms with van der Waals surface area (Å²) >= 11 is 4.12. The van der Waals surface area contributed by atoms with Crippen LogP contribution in [0.15, 0.2) is 30.3 Å². The lowest BCUT2D eigenvalue weighted by Gasteiger charge is -2.37. The van der Waals surface area contributed by atoms with E-state index < -0.39 is 17.4 Å². The number of ketones is 1. The van der Waals surface area contributed by atoms with Crippen molar-refractivity contribution in [3.05, 3.63) is 35.9 Å². The van der Waals surface area contributed by atoms with Gasteiger partial charge in [0.25, 0.3) is 5.78 Å². The maximum atomic E-state index is 13.5. The molecular weight excluding hydrogens is 358 g/mol. The zero-order valence-electron chi connectivity index (χ0n) is 16.9. The zero-order chi connectivity index (χ0) is 20.2. The number of unbranched alkanes of at least 4 members (excludes halogenated alkanes) is 1. The molecule has 0 bridgehead atoms. The second-order valence-corrected chi connectivity index (χ2v) is 8.80. The number of hydrogen-bond acceptors (Lipinski definition) is 3. The molecule has 1 aliphatic rings. The molecule has 0 aliphatic carbocycles. The number of benzene rings is 1. The first-order valence-corrected chi connectivity index (χ1v) is 10.4. The fourth-order valence-corrected chi connectivity index (χ4v) is 4.34. The van der Waals surface area contributed by atoms with E-state index in [1.54, 1.807) is 0 Å². The first kappa shape index (κ1) is 21.8. The molecule has 2 rings (SSSR count). The number of likely N-dealkylation sites (tertiary alicyclic amines) is 1. The number of amides is 1. The molecule has 0 saturated carbocycles. The maximum absolute atomic E-state index is 13.5. The van der Waals surface area contributed by atoms with Crippen molar-refractivity contribution < 1.29 is 18.9 Å². The van der Waals surface area contributed by atoms with Crippen molar-refractivity contribution in [1.82, 2.24) is 0 Å². The predicted molar refractivity (Wildman–Crippen MR) is 111 cm³/mol. The van der Waals surface area contributed by atoms with Crippen LogP contribution in [-0.2, 0) is 14.4 Å². The number of Topliss-reactive ketones (excluding diaryl/α,β-unsaturated/α-hetero) is 1. The van der Waals surface area contributed by atoms with Crippen LogP contribution in [-0.4, -0.2) is 40.4 Å². The molecule has 148 valence electrons. The van der Waals surface area contributed by atoms with Gasteiger partial charge >= 0.3 is 5.91 Å². The first-order chi connectivity index (χ1) is 12.7. The van der Waals surface area contributed by atoms with Crippen molar-refractivity contribution in [3.63, 3.8) is 0 Å². The highest BCUT2D eigenvalue weighted by Crippen LogP contribution is 2.40. The van der Waals surface area contributed by atoms with Gasteiger partial charge in [-0.2, -0.15) is 0 Å². The normalized spacial score (nSPS) is 25.4. The van der Waals surface area contributed by atoms with Gasteiger partial charge in [-0.3, -0.25) is 9.59 Å². The molecule has 1 aromatic rings. The van der Waals surface area contributed by atoms with E-state index in [1.165, 1.54) is 0 Å². The Balaban J connectivity index is 2.48. The molecule has 1 fully saturated rings. The minimum atomic E-state index is -0.719. The molecule has 1 heterocycles. The van der Waals surface area contributed by atoms with Crippen molar-refractivity contribution in [2.45, 2.75) is 65.3 Å². The second-order valence-electron chi connectivity index (χ2n) is 8.36. The predicted octanol–water partition coefficient (Wildman–Crippen LogP) is 4.15. The van der Waals surface area contributed by atoms with Crippen molar-refractivity contribution >= 4 is 29.4 Å². The molecule has 1 aliphatic heterocycles. The Morgan fingerprint density at radius 2 is 1.78 bits per heavy atom. The third kappa shape index (κ3) is 4.35. The van der Waals surface area contributed by atoms with Crippen LogP contribution in [0.2, 0.25) is 0 Å². The van der Waals surface area contributed by atoms with E-state index >= 15 is 0 Å². The standard InChI is InChI=1S/C22H31NO3S/c1-5-7-13-23(20(25)19(24)22(3,4)6-2)15-17(14-18(23)21(26)27)16-11-9-8-10-12-16/h8-12,17-18H,5-7,13-15H2,1-4H3/p+1. The van der Waals surface area contributed by atoms with Crippen molar-refractivity contribution in [2.75, 3.05) is 13.1 Å². The molecule has 4 nitrogen and oxygen atoms in total. The number of hydrogen-bond donors (Lipinski definition) is 1. The van der Waals surface area contributed by atoms with E-state index in [1.807, 2.05) is 51.1 Å². The second kappa shape index (κ2) is 8.70. The average molecular weight is 391 g/mol. The van der Waals surface area contributed by atoms with Crippen molar-refractivity contribution in [1.29, 1.82) is 0 Å². The topological polar surface area (TPSA) is 51.2 Å². The highest BCUT2D eigenvalue weighted by molar-refractivity contribution is 7.96. The van der Waals surface area contributed by atoms with E-state index in [2.05, 4.69) is 19.6 Å². The lowest BCUT2D eigenvalue weighted by atomic mass is 9.84. The first-order valence-electron chi connectivity index (χ1n) is 9.93. The Kier molecular flexibility index (Phi) is 7.03. The van der Waals surface area contributed by atoms with Gasteiger partial charge in [0, 0.05) is 17.8 Å². The summed E-state index contributed by atoms with van der Waals surface area (Å²) < 4.78 is -0.0714. The summed E-state index contributed by atoms with van der Waals surface area (Å²) in [5.41, 5.74) is 0.396. The fourth-order valence-electron chi connectivity index (χ4n) is 4.01. The zero-order valence-corrected chi connectivity index (χ0v) is 17.8. The van der Waals surface area contributed by atoms with Crippen LogP contribution < -0.4 is 0 Å². The lowest BCUT2D eigenvalue weighted by molar-refractivity contribution is -0.854. The number of rotatable bonds is 8. The van der Waals surface area contributed by atoms with Gasteiger partial charge in [0.1, 0.15) is 0 Å². The molecule has 3 unspecified atom stereocenters. The van der Waals surface area contributed by atoms with Gasteiger partial charge in [0.05, 0.1) is 13.1 Å². The Labute approximate surface area is 168 Å². The summed E-state index contributed by atoms with van der Waals surface area (Å²) in [6.45, 7) is 8.60. The third-order valence-electron chi connectivity index (χ3n) is 6.21. The number of carbonyl (C=O) groups is 3. The quantitative estimate of drug-likeness (QED) is 0.412. The number of nitrogens with zero attached hydrogens (tertiary/aromatic N) is 1. The molecule has 3 atom stereocenters. The SMILES string of the molecule is CCCC[N+]1(C(=O)C(=O)C(C)(C)CC)CC(c2ccccc2)CC1C(=O)S. The molecule has 0 radical (unpaired) electrons. The highest BCUT2D eigenvalue weighted by atomic mass is 32.1. The molecule has 1 aromatic carbocycles. The van der Waals surface area contributed by atoms with Crippen LogP contribution in [0.4, 0.5) is 0 Å². The number of carbonyl (C=O) groups excluding carboxylic acids is 3. The molecule has 5 heteroatoms. The van der Waals surface area contributed by atoms with E-state index in [9.17, 15) is 14.4 Å². The fraction of sp³-hybridized carbons (Fsp3) is 0.591. The molecule has 1 amide bonds. The monoisotopic (exact) mass is 390 g/mol. The van der Waals surface area contributed by atoms with Crippen molar-refractivity contribution in [3.8, 4) is 0 Å².